The van der Waals surface area contributed by atoms with Crippen molar-refractivity contribution in [3.63, 3.8) is 0 Å². The number of nitrogens with zero attached hydrogens (tertiary/aromatic N) is 2. The zero-order chi connectivity index (χ0) is 35.0. The number of carbonyl (C=O) groups is 4. The number of carboxylic acids is 1. The molecule has 0 aliphatic heterocycles. The number of carbonyl (C=O) groups excluding carboxylic acids is 3. The number of aliphatic carboxylic acids is 1. The normalized spacial score (nSPS) is 37.2. The number of aromatic nitrogens is 2. The number of hydrogen-bond acceptors (Lipinski definition) is 7. The molecule has 9 nitrogen and oxygen atoms in total. The highest BCUT2D eigenvalue weighted by molar-refractivity contribution is 6.09. The lowest BCUT2D eigenvalue weighted by atomic mass is 9.36. The van der Waals surface area contributed by atoms with Crippen molar-refractivity contribution >= 4 is 29.6 Å². The number of esters is 1. The van der Waals surface area contributed by atoms with Crippen LogP contribution in [0.3, 0.4) is 0 Å². The lowest BCUT2D eigenvalue weighted by molar-refractivity contribution is -0.213. The number of nitrogens with one attached hydrogen (secondary N) is 1. The molecule has 48 heavy (non-hydrogen) atoms. The second-order valence-corrected chi connectivity index (χ2v) is 17.9. The van der Waals surface area contributed by atoms with E-state index in [0.717, 1.165) is 56.1 Å². The van der Waals surface area contributed by atoms with Crippen LogP contribution in [0.5, 0.6) is 0 Å². The molecule has 1 amide bonds. The van der Waals surface area contributed by atoms with Crippen molar-refractivity contribution < 1.29 is 29.0 Å². The molecule has 9 heteroatoms. The monoisotopic (exact) mass is 661 g/mol. The van der Waals surface area contributed by atoms with Crippen molar-refractivity contribution in [2.45, 2.75) is 126 Å². The van der Waals surface area contributed by atoms with Crippen LogP contribution in [-0.4, -0.2) is 44.8 Å². The van der Waals surface area contributed by atoms with E-state index in [2.05, 4.69) is 56.8 Å². The fraction of sp³-hybridized carbons (Fsp3) is 0.744. The molecule has 5 aliphatic carbocycles. The van der Waals surface area contributed by atoms with E-state index >= 15 is 0 Å². The first-order chi connectivity index (χ1) is 22.4. The van der Waals surface area contributed by atoms with Crippen LogP contribution in [0, 0.1) is 56.7 Å². The fourth-order valence-corrected chi connectivity index (χ4v) is 12.0. The maximum absolute atomic E-state index is 14.2. The minimum absolute atomic E-state index is 0.0487. The quantitative estimate of drug-likeness (QED) is 0.288. The van der Waals surface area contributed by atoms with Crippen LogP contribution in [0.2, 0.25) is 0 Å². The van der Waals surface area contributed by atoms with E-state index in [0.29, 0.717) is 24.2 Å². The molecule has 0 radical (unpaired) electrons. The smallest absolute Gasteiger partial charge is 0.309 e. The molecular formula is C39H55N3O6. The number of anilines is 1. The number of ketones is 1. The van der Waals surface area contributed by atoms with Gasteiger partial charge >= 0.3 is 11.9 Å². The van der Waals surface area contributed by atoms with Gasteiger partial charge in [0.15, 0.2) is 5.78 Å². The number of ether oxygens (including phenoxy) is 1. The van der Waals surface area contributed by atoms with Crippen LogP contribution in [0.4, 0.5) is 5.95 Å². The van der Waals surface area contributed by atoms with E-state index in [1.54, 1.807) is 32.3 Å². The van der Waals surface area contributed by atoms with Crippen molar-refractivity contribution in [1.82, 2.24) is 9.97 Å². The van der Waals surface area contributed by atoms with E-state index in [9.17, 15) is 24.3 Å². The number of rotatable bonds is 7. The van der Waals surface area contributed by atoms with Gasteiger partial charge in [0.25, 0.3) is 0 Å². The van der Waals surface area contributed by atoms with E-state index in [1.165, 1.54) is 0 Å². The molecule has 0 bridgehead atoms. The number of Topliss-reactive ketones (excluding diaryl/α,β-unsaturated/α-hetero) is 1. The van der Waals surface area contributed by atoms with Gasteiger partial charge < -0.3 is 9.84 Å². The molecule has 0 aromatic carbocycles. The van der Waals surface area contributed by atoms with Gasteiger partial charge in [-0.05, 0) is 123 Å². The average Bonchev–Trinajstić information content (AvgIpc) is 3.32. The fourth-order valence-electron chi connectivity index (χ4n) is 12.0. The van der Waals surface area contributed by atoms with Crippen LogP contribution in [0.1, 0.15) is 120 Å². The molecule has 1 heterocycles. The largest absolute Gasteiger partial charge is 0.481 e. The number of fused-ring (bicyclic) bond motifs is 7. The molecule has 8 atom stereocenters. The first-order valence-electron chi connectivity index (χ1n) is 18.2. The molecule has 4 saturated carbocycles. The Bertz CT molecular complexity index is 1530. The summed E-state index contributed by atoms with van der Waals surface area (Å²) >= 11 is 0. The summed E-state index contributed by atoms with van der Waals surface area (Å²) in [5, 5.41) is 12.5. The Morgan fingerprint density at radius 3 is 2.27 bits per heavy atom. The molecule has 6 rings (SSSR count). The van der Waals surface area contributed by atoms with Crippen molar-refractivity contribution in [3.05, 3.63) is 29.6 Å². The Labute approximate surface area is 285 Å². The van der Waals surface area contributed by atoms with Gasteiger partial charge in [0.1, 0.15) is 6.10 Å². The van der Waals surface area contributed by atoms with Crippen LogP contribution >= 0.6 is 0 Å². The minimum atomic E-state index is -1.17. The summed E-state index contributed by atoms with van der Waals surface area (Å²) in [7, 11) is 0. The molecule has 1 aromatic rings. The Morgan fingerprint density at radius 1 is 0.958 bits per heavy atom. The summed E-state index contributed by atoms with van der Waals surface area (Å²) in [6.45, 7) is 16.8. The highest BCUT2D eigenvalue weighted by atomic mass is 16.5. The zero-order valence-electron chi connectivity index (χ0n) is 30.2. The molecule has 0 saturated heterocycles. The summed E-state index contributed by atoms with van der Waals surface area (Å²) in [6, 6.07) is 1.72. The van der Waals surface area contributed by atoms with Gasteiger partial charge in [0, 0.05) is 24.2 Å². The first-order valence-corrected chi connectivity index (χ1v) is 18.2. The van der Waals surface area contributed by atoms with Gasteiger partial charge in [-0.15, -0.1) is 0 Å². The molecule has 4 fully saturated rings. The lowest BCUT2D eigenvalue weighted by Crippen LogP contribution is -2.63. The van der Waals surface area contributed by atoms with E-state index in [-0.39, 0.29) is 64.7 Å². The van der Waals surface area contributed by atoms with Gasteiger partial charge in [-0.1, -0.05) is 41.5 Å². The third-order valence-electron chi connectivity index (χ3n) is 14.2. The van der Waals surface area contributed by atoms with Crippen molar-refractivity contribution in [3.8, 4) is 0 Å². The van der Waals surface area contributed by atoms with Gasteiger partial charge in [0.05, 0.1) is 17.3 Å². The molecule has 2 N–H and O–H groups in total. The maximum atomic E-state index is 14.2. The number of hydrogen-bond donors (Lipinski definition) is 2. The van der Waals surface area contributed by atoms with Gasteiger partial charge in [0.2, 0.25) is 11.9 Å². The highest BCUT2D eigenvalue weighted by Gasteiger charge is 2.67. The van der Waals surface area contributed by atoms with Gasteiger partial charge in [-0.25, -0.2) is 9.97 Å². The predicted octanol–water partition coefficient (Wildman–Crippen LogP) is 7.42. The average molecular weight is 662 g/mol. The molecular weight excluding hydrogens is 606 g/mol. The van der Waals surface area contributed by atoms with Crippen LogP contribution in [0.25, 0.3) is 0 Å². The summed E-state index contributed by atoms with van der Waals surface area (Å²) in [5.41, 5.74) is -0.158. The third kappa shape index (κ3) is 5.24. The Morgan fingerprint density at radius 2 is 1.62 bits per heavy atom. The Balaban J connectivity index is 1.27. The summed E-state index contributed by atoms with van der Waals surface area (Å²) < 4.78 is 6.11. The first kappa shape index (κ1) is 34.8. The molecule has 5 aliphatic rings. The van der Waals surface area contributed by atoms with E-state index in [4.69, 9.17) is 4.74 Å². The summed E-state index contributed by atoms with van der Waals surface area (Å²) in [5.74, 6) is 0.281. The van der Waals surface area contributed by atoms with E-state index < -0.39 is 22.8 Å². The second kappa shape index (κ2) is 11.8. The Kier molecular flexibility index (Phi) is 8.51. The maximum Gasteiger partial charge on any atom is 0.309 e. The molecule has 4 unspecified atom stereocenters. The summed E-state index contributed by atoms with van der Waals surface area (Å²) in [4.78, 5) is 61.2. The standard InChI is InChI=1S/C39H55N3O6/c1-22(2)30-25(43)20-39(32(45)42-34-40-18-9-19-41-34)17-12-24-23(31(30)39)10-11-27-37(24,7)15-13-26-36(5,6)28(14-16-38(26,27)8)48-29(44)21-35(3,4)33(46)47/h9,18-19,22-24,26-28H,10-17,20-21H2,1-8H3,(H,46,47)(H,40,41,42,45)/t23?,24?,26?,27?,28-,37-,38-,39+/m0/s1. The third-order valence-corrected chi connectivity index (χ3v) is 14.2. The number of amides is 1. The van der Waals surface area contributed by atoms with Gasteiger partial charge in [-0.3, -0.25) is 24.5 Å². The Hall–Kier alpha value is -3.10. The molecule has 0 spiro atoms. The molecule has 1 aromatic heterocycles. The lowest BCUT2D eigenvalue weighted by Gasteiger charge is -2.68. The van der Waals surface area contributed by atoms with Crippen molar-refractivity contribution in [1.29, 1.82) is 0 Å². The van der Waals surface area contributed by atoms with Gasteiger partial charge in [-0.2, -0.15) is 0 Å². The SMILES string of the molecule is CC(C)C1=C2C3CCC4[C@@](C)(CCC5C(C)(C)[C@@H](OC(=O)CC(C)(C)C(=O)O)CC[C@@]54C)C3CC[C@@]2(C(=O)Nc2ncccn2)CC1=O. The van der Waals surface area contributed by atoms with Crippen molar-refractivity contribution in [2.24, 2.45) is 56.7 Å². The van der Waals surface area contributed by atoms with Crippen LogP contribution < -0.4 is 5.32 Å². The van der Waals surface area contributed by atoms with Crippen LogP contribution in [-0.2, 0) is 23.9 Å². The second-order valence-electron chi connectivity index (χ2n) is 17.9. The topological polar surface area (TPSA) is 136 Å². The molecule has 262 valence electrons. The minimum Gasteiger partial charge on any atom is -0.481 e. The number of allylic oxidation sites excluding steroid dienone is 1. The number of carboxylic acid groups (broad SMARTS) is 1. The highest BCUT2D eigenvalue weighted by Crippen LogP contribution is 2.73. The zero-order valence-corrected chi connectivity index (χ0v) is 30.2. The van der Waals surface area contributed by atoms with Crippen LogP contribution in [0.15, 0.2) is 29.6 Å². The van der Waals surface area contributed by atoms with E-state index in [1.807, 2.05) is 0 Å². The predicted molar refractivity (Wildman–Crippen MR) is 181 cm³/mol. The summed E-state index contributed by atoms with van der Waals surface area (Å²) in [6.07, 6.45) is 10.5. The van der Waals surface area contributed by atoms with Crippen molar-refractivity contribution in [2.75, 3.05) is 5.32 Å².